The number of carbonyl (C=O) groups excluding carboxylic acids is 1. The Morgan fingerprint density at radius 2 is 2.11 bits per heavy atom. The lowest BCUT2D eigenvalue weighted by Gasteiger charge is -2.33. The Bertz CT molecular complexity index is 579. The number of nitrogens with one attached hydrogen (secondary N) is 1. The van der Waals surface area contributed by atoms with Crippen molar-refractivity contribution in [3.63, 3.8) is 0 Å². The van der Waals surface area contributed by atoms with Crippen molar-refractivity contribution in [3.05, 3.63) is 52.2 Å². The molecule has 1 atom stereocenters. The topological polar surface area (TPSA) is 32.3 Å². The first-order valence-electron chi connectivity index (χ1n) is 6.44. The molecule has 0 bridgehead atoms. The van der Waals surface area contributed by atoms with Crippen molar-refractivity contribution in [2.24, 2.45) is 0 Å². The van der Waals surface area contributed by atoms with Crippen LogP contribution in [-0.4, -0.2) is 17.5 Å². The molecule has 3 nitrogen and oxygen atoms in total. The van der Waals surface area contributed by atoms with E-state index in [1.165, 1.54) is 10.4 Å². The lowest BCUT2D eigenvalue weighted by Crippen LogP contribution is -2.40. The fraction of sp³-hybridized carbons (Fsp3) is 0.267. The monoisotopic (exact) mass is 272 g/mol. The maximum atomic E-state index is 12.3. The molecule has 1 N–H and O–H groups in total. The number of hydrogen-bond acceptors (Lipinski definition) is 2. The normalized spacial score (nSPS) is 17.9. The summed E-state index contributed by atoms with van der Waals surface area (Å²) in [6, 6.07) is 11.9. The summed E-state index contributed by atoms with van der Waals surface area (Å²) in [6.07, 6.45) is 0.958. The highest BCUT2D eigenvalue weighted by molar-refractivity contribution is 7.10. The number of carbonyl (C=O) groups is 1. The number of para-hydroxylation sites is 1. The number of benzene rings is 1. The number of thiophene rings is 1. The number of amides is 2. The molecule has 0 radical (unpaired) electrons. The fourth-order valence-corrected chi connectivity index (χ4v) is 3.47. The van der Waals surface area contributed by atoms with Crippen LogP contribution in [0.3, 0.4) is 0 Å². The summed E-state index contributed by atoms with van der Waals surface area (Å²) < 4.78 is 0. The van der Waals surface area contributed by atoms with E-state index in [1.54, 1.807) is 11.3 Å². The van der Waals surface area contributed by atoms with Crippen LogP contribution in [-0.2, 0) is 6.42 Å². The van der Waals surface area contributed by atoms with Gasteiger partial charge in [0, 0.05) is 17.1 Å². The predicted molar refractivity (Wildman–Crippen MR) is 78.6 cm³/mol. The van der Waals surface area contributed by atoms with Crippen molar-refractivity contribution in [2.75, 3.05) is 11.9 Å². The van der Waals surface area contributed by atoms with Gasteiger partial charge in [0.05, 0.1) is 6.04 Å². The van der Waals surface area contributed by atoms with E-state index in [2.05, 4.69) is 23.7 Å². The van der Waals surface area contributed by atoms with Gasteiger partial charge in [-0.15, -0.1) is 11.3 Å². The quantitative estimate of drug-likeness (QED) is 0.839. The van der Waals surface area contributed by atoms with E-state index in [0.717, 1.165) is 18.7 Å². The third-order valence-corrected chi connectivity index (χ3v) is 4.56. The molecular weight excluding hydrogens is 256 g/mol. The van der Waals surface area contributed by atoms with Crippen LogP contribution in [0.1, 0.15) is 23.4 Å². The van der Waals surface area contributed by atoms with Crippen LogP contribution in [0.5, 0.6) is 0 Å². The molecule has 1 unspecified atom stereocenters. The molecule has 0 saturated heterocycles. The van der Waals surface area contributed by atoms with E-state index in [9.17, 15) is 4.79 Å². The summed E-state index contributed by atoms with van der Waals surface area (Å²) in [4.78, 5) is 15.6. The summed E-state index contributed by atoms with van der Waals surface area (Å²) >= 11 is 1.79. The minimum atomic E-state index is -0.0180. The van der Waals surface area contributed by atoms with Gasteiger partial charge in [0.25, 0.3) is 0 Å². The fourth-order valence-electron chi connectivity index (χ4n) is 2.50. The highest BCUT2D eigenvalue weighted by Gasteiger charge is 2.28. The standard InChI is InChI=1S/C15H16N2OS/c1-11-13-8-10-19-14(13)7-9-17(11)15(18)16-12-5-3-2-4-6-12/h2-6,8,10-11H,7,9H2,1H3,(H,16,18). The van der Waals surface area contributed by atoms with Gasteiger partial charge < -0.3 is 10.2 Å². The van der Waals surface area contributed by atoms with E-state index in [1.807, 2.05) is 35.2 Å². The van der Waals surface area contributed by atoms with Gasteiger partial charge in [0.15, 0.2) is 0 Å². The Balaban J connectivity index is 1.75. The summed E-state index contributed by atoms with van der Waals surface area (Å²) in [6.45, 7) is 2.88. The zero-order valence-electron chi connectivity index (χ0n) is 10.8. The number of urea groups is 1. The van der Waals surface area contributed by atoms with Gasteiger partial charge in [-0.1, -0.05) is 18.2 Å². The predicted octanol–water partition coefficient (Wildman–Crippen LogP) is 3.90. The van der Waals surface area contributed by atoms with Crippen molar-refractivity contribution in [3.8, 4) is 0 Å². The molecule has 3 rings (SSSR count). The molecule has 2 amide bonds. The number of nitrogens with zero attached hydrogens (tertiary/aromatic N) is 1. The van der Waals surface area contributed by atoms with E-state index in [-0.39, 0.29) is 12.1 Å². The van der Waals surface area contributed by atoms with Crippen molar-refractivity contribution in [2.45, 2.75) is 19.4 Å². The number of hydrogen-bond donors (Lipinski definition) is 1. The van der Waals surface area contributed by atoms with Crippen LogP contribution in [0.2, 0.25) is 0 Å². The van der Waals surface area contributed by atoms with Crippen LogP contribution in [0.25, 0.3) is 0 Å². The van der Waals surface area contributed by atoms with Crippen molar-refractivity contribution in [1.29, 1.82) is 0 Å². The minimum Gasteiger partial charge on any atom is -0.317 e. The molecule has 0 saturated carbocycles. The van der Waals surface area contributed by atoms with Gasteiger partial charge in [0.1, 0.15) is 0 Å². The highest BCUT2D eigenvalue weighted by atomic mass is 32.1. The molecule has 1 aromatic carbocycles. The summed E-state index contributed by atoms with van der Waals surface area (Å²) in [7, 11) is 0. The first-order valence-corrected chi connectivity index (χ1v) is 7.32. The summed E-state index contributed by atoms with van der Waals surface area (Å²) in [5.74, 6) is 0. The lowest BCUT2D eigenvalue weighted by atomic mass is 10.0. The van der Waals surface area contributed by atoms with Crippen LogP contribution in [0, 0.1) is 0 Å². The smallest absolute Gasteiger partial charge is 0.317 e. The molecule has 0 aliphatic carbocycles. The molecule has 4 heteroatoms. The molecule has 1 aliphatic rings. The van der Waals surface area contributed by atoms with Crippen LogP contribution < -0.4 is 5.32 Å². The zero-order chi connectivity index (χ0) is 13.2. The molecule has 1 aliphatic heterocycles. The van der Waals surface area contributed by atoms with Gasteiger partial charge in [0.2, 0.25) is 0 Å². The average Bonchev–Trinajstić information content (AvgIpc) is 2.89. The second-order valence-electron chi connectivity index (χ2n) is 4.71. The molecule has 0 spiro atoms. The number of fused-ring (bicyclic) bond motifs is 1. The van der Waals surface area contributed by atoms with Crippen LogP contribution in [0.4, 0.5) is 10.5 Å². The second-order valence-corrected chi connectivity index (χ2v) is 5.72. The molecular formula is C15H16N2OS. The number of anilines is 1. The maximum absolute atomic E-state index is 12.3. The highest BCUT2D eigenvalue weighted by Crippen LogP contribution is 2.33. The molecule has 19 heavy (non-hydrogen) atoms. The van der Waals surface area contributed by atoms with Crippen LogP contribution in [0.15, 0.2) is 41.8 Å². The molecule has 0 fully saturated rings. The van der Waals surface area contributed by atoms with E-state index in [0.29, 0.717) is 0 Å². The Labute approximate surface area is 116 Å². The molecule has 2 aromatic rings. The molecule has 1 aromatic heterocycles. The van der Waals surface area contributed by atoms with E-state index < -0.39 is 0 Å². The number of rotatable bonds is 1. The third kappa shape index (κ3) is 2.36. The lowest BCUT2D eigenvalue weighted by molar-refractivity contribution is 0.189. The van der Waals surface area contributed by atoms with Gasteiger partial charge in [-0.2, -0.15) is 0 Å². The maximum Gasteiger partial charge on any atom is 0.322 e. The van der Waals surface area contributed by atoms with Gasteiger partial charge >= 0.3 is 6.03 Å². The first-order chi connectivity index (χ1) is 9.25. The Hall–Kier alpha value is -1.81. The summed E-state index contributed by atoms with van der Waals surface area (Å²) in [5.41, 5.74) is 2.13. The minimum absolute atomic E-state index is 0.0180. The van der Waals surface area contributed by atoms with Gasteiger partial charge in [-0.25, -0.2) is 4.79 Å². The van der Waals surface area contributed by atoms with Crippen molar-refractivity contribution in [1.82, 2.24) is 4.90 Å². The van der Waals surface area contributed by atoms with Gasteiger partial charge in [-0.3, -0.25) is 0 Å². The Morgan fingerprint density at radius 1 is 1.32 bits per heavy atom. The Kier molecular flexibility index (Phi) is 3.25. The SMILES string of the molecule is CC1c2ccsc2CCN1C(=O)Nc1ccccc1. The largest absolute Gasteiger partial charge is 0.322 e. The second kappa shape index (κ2) is 5.05. The third-order valence-electron chi connectivity index (χ3n) is 3.56. The van der Waals surface area contributed by atoms with E-state index in [4.69, 9.17) is 0 Å². The van der Waals surface area contributed by atoms with Gasteiger partial charge in [-0.05, 0) is 42.5 Å². The summed E-state index contributed by atoms with van der Waals surface area (Å²) in [5, 5.41) is 5.07. The molecule has 98 valence electrons. The zero-order valence-corrected chi connectivity index (χ0v) is 11.6. The first kappa shape index (κ1) is 12.2. The van der Waals surface area contributed by atoms with Crippen molar-refractivity contribution < 1.29 is 4.79 Å². The molecule has 2 heterocycles. The van der Waals surface area contributed by atoms with Crippen LogP contribution >= 0.6 is 11.3 Å². The van der Waals surface area contributed by atoms with E-state index >= 15 is 0 Å². The average molecular weight is 272 g/mol. The Morgan fingerprint density at radius 3 is 2.89 bits per heavy atom. The van der Waals surface area contributed by atoms with Crippen molar-refractivity contribution >= 4 is 23.1 Å².